The normalized spacial score (nSPS) is 13.0. The fourth-order valence-electron chi connectivity index (χ4n) is 4.29. The molecule has 0 aromatic carbocycles. The molecular weight excluding hydrogens is 395 g/mol. The van der Waals surface area contributed by atoms with E-state index in [1.165, 1.54) is 64.2 Å². The molecular formula is C23H46Sn. The molecule has 0 bridgehead atoms. The third-order valence-corrected chi connectivity index (χ3v) is 22.1. The second-order valence-corrected chi connectivity index (χ2v) is 21.0. The third-order valence-electron chi connectivity index (χ3n) is 5.54. The van der Waals surface area contributed by atoms with E-state index < -0.39 is 18.4 Å². The van der Waals surface area contributed by atoms with Crippen molar-refractivity contribution in [1.82, 2.24) is 0 Å². The van der Waals surface area contributed by atoms with Crippen molar-refractivity contribution >= 4 is 18.4 Å². The molecule has 0 saturated heterocycles. The number of allylic oxidation sites excluding steroid dienone is 3. The molecule has 0 spiro atoms. The minimum absolute atomic E-state index is 1.16. The van der Waals surface area contributed by atoms with Crippen LogP contribution in [-0.4, -0.2) is 18.4 Å². The van der Waals surface area contributed by atoms with E-state index in [0.717, 1.165) is 6.42 Å². The maximum atomic E-state index is 4.08. The van der Waals surface area contributed by atoms with Crippen molar-refractivity contribution in [3.63, 3.8) is 0 Å². The third kappa shape index (κ3) is 8.58. The van der Waals surface area contributed by atoms with Crippen molar-refractivity contribution in [3.05, 3.63) is 21.8 Å². The minimum atomic E-state index is -2.23. The van der Waals surface area contributed by atoms with Gasteiger partial charge in [-0.1, -0.05) is 0 Å². The molecule has 142 valence electrons. The van der Waals surface area contributed by atoms with Gasteiger partial charge in [-0.05, 0) is 0 Å². The van der Waals surface area contributed by atoms with E-state index >= 15 is 0 Å². The van der Waals surface area contributed by atoms with Gasteiger partial charge in [0.05, 0.1) is 0 Å². The van der Waals surface area contributed by atoms with Gasteiger partial charge in [-0.2, -0.15) is 0 Å². The van der Waals surface area contributed by atoms with Crippen molar-refractivity contribution in [1.29, 1.82) is 0 Å². The predicted octanol–water partition coefficient (Wildman–Crippen LogP) is 8.85. The molecule has 0 heterocycles. The van der Waals surface area contributed by atoms with Crippen molar-refractivity contribution in [2.45, 2.75) is 119 Å². The molecule has 0 atom stereocenters. The second kappa shape index (κ2) is 15.5. The average Bonchev–Trinajstić information content (AvgIpc) is 2.59. The zero-order valence-electron chi connectivity index (χ0n) is 17.7. The van der Waals surface area contributed by atoms with Crippen LogP contribution in [0.5, 0.6) is 0 Å². The SMILES string of the molecule is C=CC/C(CCC)=[C](/CCC)[Sn]([CH2]CCC)([CH2]CCC)[CH2]CCC. The van der Waals surface area contributed by atoms with E-state index in [-0.39, 0.29) is 0 Å². The Morgan fingerprint density at radius 2 is 1.17 bits per heavy atom. The van der Waals surface area contributed by atoms with Crippen LogP contribution in [0.15, 0.2) is 21.8 Å². The summed E-state index contributed by atoms with van der Waals surface area (Å²) in [5, 5.41) is 0. The van der Waals surface area contributed by atoms with E-state index in [2.05, 4.69) is 50.9 Å². The van der Waals surface area contributed by atoms with E-state index in [1.807, 2.05) is 5.57 Å². The summed E-state index contributed by atoms with van der Waals surface area (Å²) in [6.07, 6.45) is 17.3. The van der Waals surface area contributed by atoms with E-state index in [1.54, 1.807) is 13.3 Å². The van der Waals surface area contributed by atoms with Crippen molar-refractivity contribution in [3.8, 4) is 0 Å². The van der Waals surface area contributed by atoms with Crippen LogP contribution in [0.3, 0.4) is 0 Å². The van der Waals surface area contributed by atoms with Crippen molar-refractivity contribution in [2.24, 2.45) is 0 Å². The van der Waals surface area contributed by atoms with Gasteiger partial charge in [0.2, 0.25) is 0 Å². The molecule has 0 aromatic heterocycles. The number of rotatable bonds is 16. The van der Waals surface area contributed by atoms with Crippen molar-refractivity contribution < 1.29 is 0 Å². The molecule has 0 fully saturated rings. The zero-order valence-corrected chi connectivity index (χ0v) is 20.5. The Hall–Kier alpha value is 0.279. The Morgan fingerprint density at radius 3 is 1.50 bits per heavy atom. The van der Waals surface area contributed by atoms with Crippen LogP contribution < -0.4 is 0 Å². The van der Waals surface area contributed by atoms with Crippen LogP contribution in [0.2, 0.25) is 13.3 Å². The summed E-state index contributed by atoms with van der Waals surface area (Å²) in [5.41, 5.74) is 1.83. The Morgan fingerprint density at radius 1 is 0.708 bits per heavy atom. The van der Waals surface area contributed by atoms with Gasteiger partial charge in [-0.15, -0.1) is 0 Å². The Bertz CT molecular complexity index is 318. The van der Waals surface area contributed by atoms with Gasteiger partial charge < -0.3 is 0 Å². The summed E-state index contributed by atoms with van der Waals surface area (Å²) < 4.78 is 6.91. The molecule has 0 saturated carbocycles. The van der Waals surface area contributed by atoms with Crippen LogP contribution in [0, 0.1) is 0 Å². The van der Waals surface area contributed by atoms with Gasteiger partial charge in [0, 0.05) is 0 Å². The van der Waals surface area contributed by atoms with Crippen LogP contribution in [0.1, 0.15) is 105 Å². The molecule has 0 unspecified atom stereocenters. The second-order valence-electron chi connectivity index (χ2n) is 7.67. The maximum absolute atomic E-state index is 4.08. The van der Waals surface area contributed by atoms with Crippen LogP contribution >= 0.6 is 0 Å². The molecule has 0 aliphatic carbocycles. The Balaban J connectivity index is 5.94. The molecule has 0 N–H and O–H groups in total. The fraction of sp³-hybridized carbons (Fsp3) is 0.826. The standard InChI is InChI=1S/C11H19.3C4H9.Sn/c1-4-7-10-11(8-5-2)9-6-3;3*1-3-4-2;/h5H,2,4,6-9H2,1,3H3;3*1,3-4H2,2H3;. The first-order valence-electron chi connectivity index (χ1n) is 11.0. The first-order chi connectivity index (χ1) is 11.7. The van der Waals surface area contributed by atoms with E-state index in [0.29, 0.717) is 0 Å². The van der Waals surface area contributed by atoms with Gasteiger partial charge in [0.1, 0.15) is 0 Å². The summed E-state index contributed by atoms with van der Waals surface area (Å²) >= 11 is -2.23. The fourth-order valence-corrected chi connectivity index (χ4v) is 22.9. The van der Waals surface area contributed by atoms with Gasteiger partial charge in [0.15, 0.2) is 0 Å². The van der Waals surface area contributed by atoms with E-state index in [4.69, 9.17) is 0 Å². The monoisotopic (exact) mass is 442 g/mol. The Labute approximate surface area is 158 Å². The molecule has 0 rings (SSSR count). The van der Waals surface area contributed by atoms with Gasteiger partial charge >= 0.3 is 159 Å². The molecule has 1 heteroatoms. The molecule has 0 nitrogen and oxygen atoms in total. The summed E-state index contributed by atoms with van der Waals surface area (Å²) in [6.45, 7) is 16.0. The average molecular weight is 441 g/mol. The van der Waals surface area contributed by atoms with Gasteiger partial charge in [-0.25, -0.2) is 0 Å². The quantitative estimate of drug-likeness (QED) is 0.166. The molecule has 0 amide bonds. The van der Waals surface area contributed by atoms with Crippen molar-refractivity contribution in [2.75, 3.05) is 0 Å². The topological polar surface area (TPSA) is 0 Å². The first kappa shape index (κ1) is 24.3. The van der Waals surface area contributed by atoms with Gasteiger partial charge in [-0.3, -0.25) is 0 Å². The van der Waals surface area contributed by atoms with Gasteiger partial charge in [0.25, 0.3) is 0 Å². The summed E-state index contributed by atoms with van der Waals surface area (Å²) in [7, 11) is 0. The molecule has 0 aliphatic rings. The molecule has 0 radical (unpaired) electrons. The summed E-state index contributed by atoms with van der Waals surface area (Å²) in [5.74, 6) is 0. The van der Waals surface area contributed by atoms with E-state index in [9.17, 15) is 0 Å². The number of unbranched alkanes of at least 4 members (excludes halogenated alkanes) is 3. The predicted molar refractivity (Wildman–Crippen MR) is 117 cm³/mol. The summed E-state index contributed by atoms with van der Waals surface area (Å²) in [6, 6.07) is 0. The van der Waals surface area contributed by atoms with Crippen LogP contribution in [0.25, 0.3) is 0 Å². The zero-order chi connectivity index (χ0) is 18.3. The number of hydrogen-bond donors (Lipinski definition) is 0. The Kier molecular flexibility index (Phi) is 15.7. The molecule has 24 heavy (non-hydrogen) atoms. The molecule has 0 aromatic rings. The first-order valence-corrected chi connectivity index (χ1v) is 18.5. The van der Waals surface area contributed by atoms with Crippen LogP contribution in [-0.2, 0) is 0 Å². The number of hydrogen-bond acceptors (Lipinski definition) is 0. The molecule has 0 aliphatic heterocycles. The van der Waals surface area contributed by atoms with Crippen LogP contribution in [0.4, 0.5) is 0 Å². The summed E-state index contributed by atoms with van der Waals surface area (Å²) in [4.78, 5) is 0.